The highest BCUT2D eigenvalue weighted by Gasteiger charge is 2.15. The largest absolute Gasteiger partial charge is 0.457 e. The van der Waals surface area contributed by atoms with Gasteiger partial charge in [0.15, 0.2) is 0 Å². The first-order chi connectivity index (χ1) is 8.06. The minimum absolute atomic E-state index is 0.261. The summed E-state index contributed by atoms with van der Waals surface area (Å²) < 4.78 is 10.4. The number of esters is 1. The van der Waals surface area contributed by atoms with Crippen LogP contribution in [0, 0.1) is 6.92 Å². The van der Waals surface area contributed by atoms with Gasteiger partial charge in [-0.3, -0.25) is 0 Å². The van der Waals surface area contributed by atoms with Crippen LogP contribution < -0.4 is 5.73 Å². The molecule has 0 fully saturated rings. The summed E-state index contributed by atoms with van der Waals surface area (Å²) in [5.74, 6) is -0.359. The lowest BCUT2D eigenvalue weighted by Gasteiger charge is -2.14. The first-order valence-corrected chi connectivity index (χ1v) is 5.70. The molecule has 1 aromatic carbocycles. The van der Waals surface area contributed by atoms with E-state index in [1.165, 1.54) is 0 Å². The number of benzene rings is 1. The fourth-order valence-corrected chi connectivity index (χ4v) is 1.44. The molecule has 1 aromatic rings. The number of hydrogen-bond acceptors (Lipinski definition) is 4. The third-order valence-electron chi connectivity index (χ3n) is 2.46. The van der Waals surface area contributed by atoms with Gasteiger partial charge in [-0.05, 0) is 38.5 Å². The first kappa shape index (κ1) is 13.5. The van der Waals surface area contributed by atoms with E-state index in [1.807, 2.05) is 6.92 Å². The molecule has 0 saturated heterocycles. The van der Waals surface area contributed by atoms with Gasteiger partial charge in [-0.2, -0.15) is 0 Å². The second kappa shape index (κ2) is 6.25. The lowest BCUT2D eigenvalue weighted by molar-refractivity contribution is 0.00434. The van der Waals surface area contributed by atoms with Gasteiger partial charge in [0.25, 0.3) is 0 Å². The van der Waals surface area contributed by atoms with Crippen LogP contribution in [-0.4, -0.2) is 25.3 Å². The Balaban J connectivity index is 2.67. The van der Waals surface area contributed by atoms with Crippen LogP contribution in [0.1, 0.15) is 29.8 Å². The van der Waals surface area contributed by atoms with Crippen molar-refractivity contribution in [1.82, 2.24) is 0 Å². The molecule has 4 heteroatoms. The molecule has 0 aliphatic carbocycles. The Hall–Kier alpha value is -1.55. The van der Waals surface area contributed by atoms with Crippen molar-refractivity contribution in [2.75, 3.05) is 18.9 Å². The van der Waals surface area contributed by atoms with Crippen LogP contribution in [-0.2, 0) is 9.47 Å². The lowest BCUT2D eigenvalue weighted by atomic mass is 10.1. The number of ether oxygens (including phenoxy) is 2. The number of nitrogens with two attached hydrogens (primary N) is 1. The van der Waals surface area contributed by atoms with E-state index in [1.54, 1.807) is 32.0 Å². The molecule has 0 aromatic heterocycles. The zero-order chi connectivity index (χ0) is 12.8. The Morgan fingerprint density at radius 2 is 2.18 bits per heavy atom. The summed E-state index contributed by atoms with van der Waals surface area (Å²) in [5.41, 5.74) is 7.59. The summed E-state index contributed by atoms with van der Waals surface area (Å²) in [6, 6.07) is 5.21. The van der Waals surface area contributed by atoms with Gasteiger partial charge >= 0.3 is 5.97 Å². The summed E-state index contributed by atoms with van der Waals surface area (Å²) in [4.78, 5) is 11.9. The van der Waals surface area contributed by atoms with Gasteiger partial charge < -0.3 is 15.2 Å². The minimum atomic E-state index is -0.359. The van der Waals surface area contributed by atoms with E-state index in [2.05, 4.69) is 0 Å². The number of carbonyl (C=O) groups is 1. The number of anilines is 1. The first-order valence-electron chi connectivity index (χ1n) is 5.70. The molecular weight excluding hydrogens is 218 g/mol. The molecule has 0 aliphatic heterocycles. The summed E-state index contributed by atoms with van der Waals surface area (Å²) >= 11 is 0. The van der Waals surface area contributed by atoms with E-state index >= 15 is 0 Å². The van der Waals surface area contributed by atoms with Gasteiger partial charge in [-0.15, -0.1) is 0 Å². The summed E-state index contributed by atoms with van der Waals surface area (Å²) in [6.07, 6.45) is -0.261. The number of rotatable bonds is 5. The van der Waals surface area contributed by atoms with E-state index in [0.717, 1.165) is 5.56 Å². The van der Waals surface area contributed by atoms with Crippen molar-refractivity contribution in [2.24, 2.45) is 0 Å². The maximum atomic E-state index is 11.9. The Morgan fingerprint density at radius 3 is 2.82 bits per heavy atom. The molecule has 94 valence electrons. The van der Waals surface area contributed by atoms with Crippen molar-refractivity contribution in [1.29, 1.82) is 0 Å². The predicted molar refractivity (Wildman–Crippen MR) is 67.0 cm³/mol. The molecule has 1 unspecified atom stereocenters. The quantitative estimate of drug-likeness (QED) is 0.629. The Morgan fingerprint density at radius 1 is 1.47 bits per heavy atom. The number of hydrogen-bond donors (Lipinski definition) is 1. The van der Waals surface area contributed by atoms with Crippen molar-refractivity contribution in [3.63, 3.8) is 0 Å². The van der Waals surface area contributed by atoms with Crippen molar-refractivity contribution < 1.29 is 14.3 Å². The van der Waals surface area contributed by atoms with Gasteiger partial charge in [-0.25, -0.2) is 4.79 Å². The molecule has 0 amide bonds. The maximum absolute atomic E-state index is 11.9. The van der Waals surface area contributed by atoms with Crippen molar-refractivity contribution >= 4 is 11.7 Å². The average molecular weight is 237 g/mol. The highest BCUT2D eigenvalue weighted by atomic mass is 16.6. The molecule has 0 saturated carbocycles. The minimum Gasteiger partial charge on any atom is -0.457 e. The topological polar surface area (TPSA) is 61.5 Å². The SMILES string of the molecule is CCOCC(C)OC(=O)c1cccc(N)c1C. The normalized spacial score (nSPS) is 12.2. The molecule has 2 N–H and O–H groups in total. The Labute approximate surface area is 102 Å². The highest BCUT2D eigenvalue weighted by molar-refractivity contribution is 5.92. The van der Waals surface area contributed by atoms with Gasteiger partial charge in [0.1, 0.15) is 6.10 Å². The fourth-order valence-electron chi connectivity index (χ4n) is 1.44. The molecule has 0 bridgehead atoms. The molecule has 0 aliphatic rings. The van der Waals surface area contributed by atoms with E-state index < -0.39 is 0 Å². The highest BCUT2D eigenvalue weighted by Crippen LogP contribution is 2.16. The molecule has 4 nitrogen and oxygen atoms in total. The van der Waals surface area contributed by atoms with Gasteiger partial charge in [0, 0.05) is 12.3 Å². The third kappa shape index (κ3) is 3.75. The monoisotopic (exact) mass is 237 g/mol. The van der Waals surface area contributed by atoms with E-state index in [0.29, 0.717) is 24.5 Å². The number of nitrogen functional groups attached to an aromatic ring is 1. The van der Waals surface area contributed by atoms with Gasteiger partial charge in [-0.1, -0.05) is 6.07 Å². The van der Waals surface area contributed by atoms with Crippen LogP contribution in [0.4, 0.5) is 5.69 Å². The van der Waals surface area contributed by atoms with Crippen molar-refractivity contribution in [3.8, 4) is 0 Å². The standard InChI is InChI=1S/C13H19NO3/c1-4-16-8-9(2)17-13(15)11-6-5-7-12(14)10(11)3/h5-7,9H,4,8,14H2,1-3H3. The zero-order valence-electron chi connectivity index (χ0n) is 10.5. The molecule has 1 atom stereocenters. The van der Waals surface area contributed by atoms with Crippen LogP contribution in [0.25, 0.3) is 0 Å². The second-order valence-electron chi connectivity index (χ2n) is 3.90. The lowest BCUT2D eigenvalue weighted by Crippen LogP contribution is -2.21. The smallest absolute Gasteiger partial charge is 0.338 e. The van der Waals surface area contributed by atoms with Crippen LogP contribution in [0.3, 0.4) is 0 Å². The second-order valence-corrected chi connectivity index (χ2v) is 3.90. The summed E-state index contributed by atoms with van der Waals surface area (Å²) in [5, 5.41) is 0. The van der Waals surface area contributed by atoms with Crippen LogP contribution in [0.5, 0.6) is 0 Å². The van der Waals surface area contributed by atoms with Crippen molar-refractivity contribution in [3.05, 3.63) is 29.3 Å². The van der Waals surface area contributed by atoms with Gasteiger partial charge in [0.05, 0.1) is 12.2 Å². The molecule has 17 heavy (non-hydrogen) atoms. The maximum Gasteiger partial charge on any atom is 0.338 e. The summed E-state index contributed by atoms with van der Waals surface area (Å²) in [6.45, 7) is 6.52. The van der Waals surface area contributed by atoms with E-state index in [4.69, 9.17) is 15.2 Å². The molecule has 1 rings (SSSR count). The van der Waals surface area contributed by atoms with Crippen molar-refractivity contribution in [2.45, 2.75) is 26.9 Å². The predicted octanol–water partition coefficient (Wildman–Crippen LogP) is 2.16. The average Bonchev–Trinajstić information content (AvgIpc) is 2.29. The zero-order valence-corrected chi connectivity index (χ0v) is 10.5. The Bertz CT molecular complexity index is 390. The van der Waals surface area contributed by atoms with Crippen LogP contribution >= 0.6 is 0 Å². The van der Waals surface area contributed by atoms with E-state index in [-0.39, 0.29) is 12.1 Å². The number of carbonyl (C=O) groups excluding carboxylic acids is 1. The third-order valence-corrected chi connectivity index (χ3v) is 2.46. The van der Waals surface area contributed by atoms with Crippen LogP contribution in [0.15, 0.2) is 18.2 Å². The Kier molecular flexibility index (Phi) is 4.97. The summed E-state index contributed by atoms with van der Waals surface area (Å²) in [7, 11) is 0. The van der Waals surface area contributed by atoms with Crippen LogP contribution in [0.2, 0.25) is 0 Å². The molecule has 0 spiro atoms. The molecular formula is C13H19NO3. The molecule has 0 heterocycles. The van der Waals surface area contributed by atoms with E-state index in [9.17, 15) is 4.79 Å². The van der Waals surface area contributed by atoms with Gasteiger partial charge in [0.2, 0.25) is 0 Å². The fraction of sp³-hybridized carbons (Fsp3) is 0.462. The molecule has 0 radical (unpaired) electrons.